The number of hydrogen-bond donors (Lipinski definition) is 0. The predicted molar refractivity (Wildman–Crippen MR) is 257 cm³/mol. The molecule has 4 bridgehead atoms. The fourth-order valence-electron chi connectivity index (χ4n) is 14.1. The number of nitrogens with zero attached hydrogens (tertiary/aromatic N) is 3. The Hall–Kier alpha value is -6.71. The zero-order valence-corrected chi connectivity index (χ0v) is 35.8. The molecule has 3 heteroatoms. The van der Waals surface area contributed by atoms with Crippen molar-refractivity contribution in [3.05, 3.63) is 186 Å². The van der Waals surface area contributed by atoms with Gasteiger partial charge in [0, 0.05) is 27.5 Å². The third-order valence-electron chi connectivity index (χ3n) is 16.5. The second kappa shape index (κ2) is 12.9. The van der Waals surface area contributed by atoms with Crippen LogP contribution >= 0.6 is 0 Å². The molecule has 6 aliphatic carbocycles. The highest BCUT2D eigenvalue weighted by Gasteiger charge is 2.63. The molecule has 4 saturated carbocycles. The van der Waals surface area contributed by atoms with E-state index in [0.717, 1.165) is 28.5 Å². The number of rotatable bonds is 4. The van der Waals surface area contributed by atoms with E-state index in [1.807, 2.05) is 0 Å². The van der Waals surface area contributed by atoms with Crippen LogP contribution in [0, 0.1) is 23.7 Å². The van der Waals surface area contributed by atoms with Crippen LogP contribution < -0.4 is 0 Å². The minimum absolute atomic E-state index is 0.0405. The van der Waals surface area contributed by atoms with Crippen LogP contribution in [0.4, 0.5) is 0 Å². The average Bonchev–Trinajstić information content (AvgIpc) is 3.75. The van der Waals surface area contributed by atoms with Gasteiger partial charge in [-0.15, -0.1) is 0 Å². The Balaban J connectivity index is 0.933. The van der Waals surface area contributed by atoms with Crippen molar-refractivity contribution in [2.45, 2.75) is 56.8 Å². The van der Waals surface area contributed by atoms with E-state index in [4.69, 9.17) is 15.0 Å². The van der Waals surface area contributed by atoms with E-state index < -0.39 is 0 Å². The van der Waals surface area contributed by atoms with Crippen LogP contribution in [0.5, 0.6) is 0 Å². The first-order valence-electron chi connectivity index (χ1n) is 23.2. The van der Waals surface area contributed by atoms with Crippen molar-refractivity contribution in [1.29, 1.82) is 0 Å². The highest BCUT2D eigenvalue weighted by atomic mass is 15.0. The average molecular weight is 810 g/mol. The molecule has 1 spiro atoms. The molecule has 0 saturated heterocycles. The summed E-state index contributed by atoms with van der Waals surface area (Å²) in [5, 5.41) is 5.05. The summed E-state index contributed by atoms with van der Waals surface area (Å²) >= 11 is 0. The molecule has 302 valence electrons. The zero-order valence-electron chi connectivity index (χ0n) is 35.8. The van der Waals surface area contributed by atoms with Gasteiger partial charge in [0.1, 0.15) is 0 Å². The standard InChI is InChI=1S/C60H47N3/c1-59(2)52-19-11-10-18-47(52)48-25-26-49-51-34-41(24-27-53(51)60(55(49)54(48)59)42-29-35-28-36(31-42)32-43(60)30-35)58-62-56(38-12-4-3-5-13-38)61-57(63-58)39-22-20-37(21-23-39)50-33-40-14-6-7-15-44(40)45-16-8-9-17-46(45)50/h3-27,33-36,42-43H,28-32H2,1-2H3. The molecule has 4 fully saturated rings. The van der Waals surface area contributed by atoms with E-state index in [-0.39, 0.29) is 10.8 Å². The van der Waals surface area contributed by atoms with Gasteiger partial charge in [0.05, 0.1) is 0 Å². The van der Waals surface area contributed by atoms with Crippen molar-refractivity contribution in [2.75, 3.05) is 0 Å². The van der Waals surface area contributed by atoms with Gasteiger partial charge in [-0.05, 0) is 145 Å². The van der Waals surface area contributed by atoms with Crippen molar-refractivity contribution in [3.8, 4) is 67.5 Å². The molecule has 0 amide bonds. The lowest BCUT2D eigenvalue weighted by molar-refractivity contribution is -0.0404. The fraction of sp³-hybridized carbons (Fsp3) is 0.217. The molecule has 63 heavy (non-hydrogen) atoms. The number of fused-ring (bicyclic) bond motifs is 10. The monoisotopic (exact) mass is 809 g/mol. The summed E-state index contributed by atoms with van der Waals surface area (Å²) in [6, 6.07) is 60.4. The van der Waals surface area contributed by atoms with Gasteiger partial charge in [0.25, 0.3) is 0 Å². The molecule has 0 radical (unpaired) electrons. The number of aromatic nitrogens is 3. The molecule has 15 rings (SSSR count). The van der Waals surface area contributed by atoms with E-state index in [1.165, 1.54) is 92.6 Å². The molecule has 1 heterocycles. The lowest BCUT2D eigenvalue weighted by Gasteiger charge is -2.61. The van der Waals surface area contributed by atoms with Crippen LogP contribution in [-0.4, -0.2) is 15.0 Å². The van der Waals surface area contributed by atoms with E-state index >= 15 is 0 Å². The molecular weight excluding hydrogens is 763 g/mol. The second-order valence-corrected chi connectivity index (χ2v) is 20.0. The van der Waals surface area contributed by atoms with Gasteiger partial charge >= 0.3 is 0 Å². The highest BCUT2D eigenvalue weighted by molar-refractivity contribution is 6.13. The molecule has 0 atom stereocenters. The smallest absolute Gasteiger partial charge is 0.164 e. The van der Waals surface area contributed by atoms with Crippen LogP contribution in [-0.2, 0) is 10.8 Å². The fourth-order valence-corrected chi connectivity index (χ4v) is 14.1. The summed E-state index contributed by atoms with van der Waals surface area (Å²) in [4.78, 5) is 15.8. The van der Waals surface area contributed by atoms with E-state index in [1.54, 1.807) is 16.7 Å². The Morgan fingerprint density at radius 1 is 0.381 bits per heavy atom. The Labute approximate surface area is 369 Å². The van der Waals surface area contributed by atoms with Crippen molar-refractivity contribution in [2.24, 2.45) is 23.7 Å². The summed E-state index contributed by atoms with van der Waals surface area (Å²) in [7, 11) is 0. The zero-order chi connectivity index (χ0) is 41.6. The Kier molecular flexibility index (Phi) is 7.35. The number of hydrogen-bond acceptors (Lipinski definition) is 3. The van der Waals surface area contributed by atoms with E-state index in [2.05, 4.69) is 178 Å². The van der Waals surface area contributed by atoms with Crippen molar-refractivity contribution in [3.63, 3.8) is 0 Å². The van der Waals surface area contributed by atoms with Gasteiger partial charge in [-0.25, -0.2) is 15.0 Å². The van der Waals surface area contributed by atoms with Crippen LogP contribution in [0.2, 0.25) is 0 Å². The van der Waals surface area contributed by atoms with E-state index in [9.17, 15) is 0 Å². The maximum atomic E-state index is 5.34. The largest absolute Gasteiger partial charge is 0.208 e. The summed E-state index contributed by atoms with van der Waals surface area (Å²) in [6.45, 7) is 4.98. The normalized spacial score (nSPS) is 23.0. The lowest BCUT2D eigenvalue weighted by Crippen LogP contribution is -2.55. The van der Waals surface area contributed by atoms with Crippen LogP contribution in [0.1, 0.15) is 68.2 Å². The third-order valence-corrected chi connectivity index (χ3v) is 16.5. The van der Waals surface area contributed by atoms with Gasteiger partial charge < -0.3 is 0 Å². The molecule has 0 N–H and O–H groups in total. The first kappa shape index (κ1) is 35.8. The van der Waals surface area contributed by atoms with Crippen LogP contribution in [0.3, 0.4) is 0 Å². The first-order valence-corrected chi connectivity index (χ1v) is 23.2. The third kappa shape index (κ3) is 4.94. The SMILES string of the molecule is CC1(C)c2ccccc2-c2ccc3c(c21)C1(c2ccc(-c4nc(-c5ccccc5)nc(-c5ccc(-c6cc7ccccc7c7ccccc67)cc5)n4)cc2-3)C2CC3CC(C2)CC1C3. The maximum Gasteiger partial charge on any atom is 0.164 e. The van der Waals surface area contributed by atoms with Gasteiger partial charge in [0.2, 0.25) is 0 Å². The van der Waals surface area contributed by atoms with Gasteiger partial charge in [-0.1, -0.05) is 166 Å². The highest BCUT2D eigenvalue weighted by Crippen LogP contribution is 2.72. The summed E-state index contributed by atoms with van der Waals surface area (Å²) in [6.07, 6.45) is 6.88. The van der Waals surface area contributed by atoms with E-state index in [0.29, 0.717) is 29.3 Å². The molecule has 1 aromatic heterocycles. The quantitative estimate of drug-likeness (QED) is 0.166. The summed E-state index contributed by atoms with van der Waals surface area (Å²) in [5.74, 6) is 5.21. The second-order valence-electron chi connectivity index (χ2n) is 20.0. The van der Waals surface area contributed by atoms with Gasteiger partial charge in [-0.3, -0.25) is 0 Å². The van der Waals surface area contributed by atoms with Crippen molar-refractivity contribution in [1.82, 2.24) is 15.0 Å². The molecule has 9 aromatic rings. The Bertz CT molecular complexity index is 3350. The Morgan fingerprint density at radius 3 is 1.67 bits per heavy atom. The molecule has 0 aliphatic heterocycles. The molecule has 6 aliphatic rings. The molecule has 8 aromatic carbocycles. The minimum Gasteiger partial charge on any atom is -0.208 e. The van der Waals surface area contributed by atoms with Gasteiger partial charge in [-0.2, -0.15) is 0 Å². The first-order chi connectivity index (χ1) is 30.9. The molecule has 3 nitrogen and oxygen atoms in total. The van der Waals surface area contributed by atoms with Crippen LogP contribution in [0.15, 0.2) is 164 Å². The number of benzene rings is 8. The topological polar surface area (TPSA) is 38.7 Å². The van der Waals surface area contributed by atoms with Crippen molar-refractivity contribution >= 4 is 21.5 Å². The Morgan fingerprint density at radius 2 is 0.937 bits per heavy atom. The van der Waals surface area contributed by atoms with Crippen LogP contribution in [0.25, 0.3) is 89.1 Å². The minimum atomic E-state index is -0.0750. The lowest BCUT2D eigenvalue weighted by atomic mass is 9.42. The maximum absolute atomic E-state index is 5.34. The summed E-state index contributed by atoms with van der Waals surface area (Å²) < 4.78 is 0. The predicted octanol–water partition coefficient (Wildman–Crippen LogP) is 14.9. The summed E-state index contributed by atoms with van der Waals surface area (Å²) in [5.41, 5.74) is 17.3. The molecular formula is C60H47N3. The molecule has 0 unspecified atom stereocenters. The van der Waals surface area contributed by atoms with Crippen molar-refractivity contribution < 1.29 is 0 Å². The van der Waals surface area contributed by atoms with Gasteiger partial charge in [0.15, 0.2) is 17.5 Å².